The number of amides is 2. The maximum atomic E-state index is 12.9. The number of carbonyl (C=O) groups is 2. The molecule has 2 amide bonds. The molecule has 8 heteroatoms. The molecule has 29 heavy (non-hydrogen) atoms. The number of fused-ring (bicyclic) bond motifs is 1. The number of carbonyl (C=O) groups excluding carboxylic acids is 2. The van der Waals surface area contributed by atoms with E-state index in [9.17, 15) is 9.59 Å². The van der Waals surface area contributed by atoms with E-state index < -0.39 is 0 Å². The van der Waals surface area contributed by atoms with E-state index in [1.54, 1.807) is 11.2 Å². The van der Waals surface area contributed by atoms with Crippen molar-refractivity contribution >= 4 is 22.8 Å². The van der Waals surface area contributed by atoms with Gasteiger partial charge in [0.2, 0.25) is 5.91 Å². The van der Waals surface area contributed by atoms with Crippen LogP contribution in [0.1, 0.15) is 29.4 Å². The number of nitrogens with zero attached hydrogens (tertiary/aromatic N) is 5. The number of aromatic nitrogens is 4. The van der Waals surface area contributed by atoms with Crippen molar-refractivity contribution in [2.45, 2.75) is 33.4 Å². The summed E-state index contributed by atoms with van der Waals surface area (Å²) in [5, 5.41) is 7.27. The van der Waals surface area contributed by atoms with Gasteiger partial charge in [-0.25, -0.2) is 4.98 Å². The molecule has 1 unspecified atom stereocenters. The van der Waals surface area contributed by atoms with Crippen LogP contribution in [-0.4, -0.2) is 55.7 Å². The number of aryl methyl sites for hydroxylation is 2. The normalized spacial score (nSPS) is 16.5. The molecule has 0 spiro atoms. The predicted octanol–water partition coefficient (Wildman–Crippen LogP) is 1.84. The van der Waals surface area contributed by atoms with Crippen LogP contribution in [0.2, 0.25) is 0 Å². The second-order valence-electron chi connectivity index (χ2n) is 7.48. The highest BCUT2D eigenvalue weighted by Gasteiger charge is 2.31. The van der Waals surface area contributed by atoms with Gasteiger partial charge in [-0.05, 0) is 44.5 Å². The maximum absolute atomic E-state index is 12.9. The minimum Gasteiger partial charge on any atom is -0.354 e. The molecule has 2 aromatic heterocycles. The van der Waals surface area contributed by atoms with Gasteiger partial charge in [-0.1, -0.05) is 0 Å². The zero-order chi connectivity index (χ0) is 20.4. The molecule has 8 nitrogen and oxygen atoms in total. The molecule has 1 N–H and O–H groups in total. The molecule has 0 bridgehead atoms. The molecule has 1 saturated heterocycles. The van der Waals surface area contributed by atoms with Crippen molar-refractivity contribution in [1.29, 1.82) is 0 Å². The number of likely N-dealkylation sites (tertiary alicyclic amines) is 1. The van der Waals surface area contributed by atoms with Crippen molar-refractivity contribution < 1.29 is 9.59 Å². The third-order valence-electron chi connectivity index (χ3n) is 5.47. The molecule has 1 aromatic carbocycles. The summed E-state index contributed by atoms with van der Waals surface area (Å²) in [6.07, 6.45) is 4.38. The van der Waals surface area contributed by atoms with Crippen molar-refractivity contribution in [2.75, 3.05) is 19.6 Å². The van der Waals surface area contributed by atoms with Crippen molar-refractivity contribution in [3.8, 4) is 0 Å². The zero-order valence-electron chi connectivity index (χ0n) is 16.8. The second kappa shape index (κ2) is 8.06. The molecule has 3 aromatic rings. The zero-order valence-corrected chi connectivity index (χ0v) is 16.8. The van der Waals surface area contributed by atoms with Crippen LogP contribution < -0.4 is 5.32 Å². The highest BCUT2D eigenvalue weighted by Crippen LogP contribution is 2.21. The minimum absolute atomic E-state index is 0.00122. The molecular weight excluding hydrogens is 368 g/mol. The van der Waals surface area contributed by atoms with Crippen molar-refractivity contribution in [1.82, 2.24) is 29.5 Å². The molecule has 1 aliphatic rings. The topological polar surface area (TPSA) is 85.0 Å². The van der Waals surface area contributed by atoms with Crippen LogP contribution in [0.4, 0.5) is 0 Å². The molecular formula is C21H26N6O2. The van der Waals surface area contributed by atoms with Gasteiger partial charge in [-0.15, -0.1) is 0 Å². The third kappa shape index (κ3) is 4.01. The summed E-state index contributed by atoms with van der Waals surface area (Å²) in [4.78, 5) is 31.5. The van der Waals surface area contributed by atoms with Crippen LogP contribution in [0.25, 0.3) is 11.0 Å². The number of rotatable bonds is 6. The van der Waals surface area contributed by atoms with Crippen molar-refractivity contribution in [3.05, 3.63) is 48.0 Å². The summed E-state index contributed by atoms with van der Waals surface area (Å²) in [6, 6.07) is 7.56. The Labute approximate surface area is 169 Å². The molecule has 152 valence electrons. The molecule has 0 saturated carbocycles. The van der Waals surface area contributed by atoms with Crippen LogP contribution in [-0.2, 0) is 17.9 Å². The Bertz CT molecular complexity index is 1040. The van der Waals surface area contributed by atoms with Gasteiger partial charge < -0.3 is 14.8 Å². The Hall–Kier alpha value is -3.16. The average Bonchev–Trinajstić information content (AvgIpc) is 3.46. The first-order valence-electron chi connectivity index (χ1n) is 10.1. The van der Waals surface area contributed by atoms with Gasteiger partial charge in [-0.2, -0.15) is 5.10 Å². The van der Waals surface area contributed by atoms with E-state index in [0.29, 0.717) is 38.2 Å². The van der Waals surface area contributed by atoms with Gasteiger partial charge in [0.1, 0.15) is 0 Å². The quantitative estimate of drug-likeness (QED) is 0.691. The first-order chi connectivity index (χ1) is 14.0. The number of hydrogen-bond donors (Lipinski definition) is 1. The fourth-order valence-electron chi connectivity index (χ4n) is 3.82. The first kappa shape index (κ1) is 19.2. The average molecular weight is 394 g/mol. The van der Waals surface area contributed by atoms with Crippen molar-refractivity contribution in [2.24, 2.45) is 5.92 Å². The lowest BCUT2D eigenvalue weighted by atomic mass is 10.1. The third-order valence-corrected chi connectivity index (χ3v) is 5.47. The summed E-state index contributed by atoms with van der Waals surface area (Å²) in [7, 11) is 0. The predicted molar refractivity (Wildman–Crippen MR) is 109 cm³/mol. The van der Waals surface area contributed by atoms with E-state index in [-0.39, 0.29) is 17.7 Å². The highest BCUT2D eigenvalue weighted by molar-refractivity contribution is 5.98. The number of benzene rings is 1. The minimum atomic E-state index is -0.165. The van der Waals surface area contributed by atoms with Crippen LogP contribution in [0.15, 0.2) is 36.8 Å². The molecule has 0 aliphatic carbocycles. The van der Waals surface area contributed by atoms with Crippen molar-refractivity contribution in [3.63, 3.8) is 0 Å². The van der Waals surface area contributed by atoms with Crippen LogP contribution in [0, 0.1) is 12.8 Å². The first-order valence-corrected chi connectivity index (χ1v) is 10.1. The van der Waals surface area contributed by atoms with Gasteiger partial charge >= 0.3 is 0 Å². The smallest absolute Gasteiger partial charge is 0.253 e. The van der Waals surface area contributed by atoms with E-state index >= 15 is 0 Å². The Kier molecular flexibility index (Phi) is 5.33. The molecule has 4 rings (SSSR count). The van der Waals surface area contributed by atoms with E-state index in [4.69, 9.17) is 0 Å². The second-order valence-corrected chi connectivity index (χ2v) is 7.48. The Morgan fingerprint density at radius 1 is 1.28 bits per heavy atom. The summed E-state index contributed by atoms with van der Waals surface area (Å²) >= 11 is 0. The van der Waals surface area contributed by atoms with Crippen LogP contribution >= 0.6 is 0 Å². The monoisotopic (exact) mass is 394 g/mol. The molecule has 0 radical (unpaired) electrons. The summed E-state index contributed by atoms with van der Waals surface area (Å²) in [5.41, 5.74) is 3.42. The highest BCUT2D eigenvalue weighted by atomic mass is 16.2. The summed E-state index contributed by atoms with van der Waals surface area (Å²) in [6.45, 7) is 7.05. The Morgan fingerprint density at radius 3 is 2.90 bits per heavy atom. The van der Waals surface area contributed by atoms with Gasteiger partial charge in [0.25, 0.3) is 5.91 Å². The molecule has 3 heterocycles. The van der Waals surface area contributed by atoms with Gasteiger partial charge in [0.05, 0.1) is 35.5 Å². The number of nitrogens with one attached hydrogen (secondary N) is 1. The van der Waals surface area contributed by atoms with Gasteiger partial charge in [-0.3, -0.25) is 14.3 Å². The fraction of sp³-hybridized carbons (Fsp3) is 0.429. The van der Waals surface area contributed by atoms with E-state index in [1.165, 1.54) is 0 Å². The van der Waals surface area contributed by atoms with Crippen LogP contribution in [0.3, 0.4) is 0 Å². The standard InChI is InChI=1S/C21H26N6O2/c1-3-25-14-23-18-12-16(4-5-19(18)25)21(29)26-9-7-17(13-26)20(28)22-8-11-27-10-6-15(2)24-27/h4-6,10,12,14,17H,3,7-9,11,13H2,1-2H3,(H,22,28). The Morgan fingerprint density at radius 2 is 2.14 bits per heavy atom. The maximum Gasteiger partial charge on any atom is 0.253 e. The molecule has 1 aliphatic heterocycles. The lowest BCUT2D eigenvalue weighted by Crippen LogP contribution is -2.36. The number of hydrogen-bond acceptors (Lipinski definition) is 4. The molecule has 1 atom stereocenters. The van der Waals surface area contributed by atoms with E-state index in [1.807, 2.05) is 46.6 Å². The van der Waals surface area contributed by atoms with E-state index in [2.05, 4.69) is 22.3 Å². The van der Waals surface area contributed by atoms with E-state index in [0.717, 1.165) is 23.3 Å². The Balaban J connectivity index is 1.32. The van der Waals surface area contributed by atoms with Crippen LogP contribution in [0.5, 0.6) is 0 Å². The SMILES string of the molecule is CCn1cnc2cc(C(=O)N3CCC(C(=O)NCCn4ccc(C)n4)C3)ccc21. The lowest BCUT2D eigenvalue weighted by molar-refractivity contribution is -0.124. The van der Waals surface area contributed by atoms with Gasteiger partial charge in [0, 0.05) is 37.9 Å². The summed E-state index contributed by atoms with van der Waals surface area (Å²) < 4.78 is 3.86. The fourth-order valence-corrected chi connectivity index (χ4v) is 3.82. The number of imidazole rings is 1. The summed E-state index contributed by atoms with van der Waals surface area (Å²) in [5.74, 6) is -0.206. The largest absolute Gasteiger partial charge is 0.354 e. The lowest BCUT2D eigenvalue weighted by Gasteiger charge is -2.17. The molecule has 1 fully saturated rings. The van der Waals surface area contributed by atoms with Gasteiger partial charge in [0.15, 0.2) is 0 Å².